The summed E-state index contributed by atoms with van der Waals surface area (Å²) in [4.78, 5) is 4.50. The van der Waals surface area contributed by atoms with Crippen LogP contribution in [0.4, 0.5) is 5.95 Å². The van der Waals surface area contributed by atoms with Crippen molar-refractivity contribution < 1.29 is 9.47 Å². The molecule has 0 radical (unpaired) electrons. The van der Waals surface area contributed by atoms with E-state index in [1.165, 1.54) is 12.8 Å². The third kappa shape index (κ3) is 3.71. The van der Waals surface area contributed by atoms with Crippen molar-refractivity contribution in [3.63, 3.8) is 0 Å². The summed E-state index contributed by atoms with van der Waals surface area (Å²) < 4.78 is 12.7. The van der Waals surface area contributed by atoms with Gasteiger partial charge in [0.2, 0.25) is 5.95 Å². The van der Waals surface area contributed by atoms with Crippen LogP contribution in [0, 0.1) is 12.8 Å². The summed E-state index contributed by atoms with van der Waals surface area (Å²) in [6, 6.07) is 0. The first-order valence-electron chi connectivity index (χ1n) is 6.64. The van der Waals surface area contributed by atoms with Crippen molar-refractivity contribution in [1.82, 2.24) is 9.55 Å². The zero-order valence-electron chi connectivity index (χ0n) is 11.3. The molecule has 1 fully saturated rings. The quantitative estimate of drug-likeness (QED) is 0.838. The Bertz CT molecular complexity index is 359. The maximum atomic E-state index is 5.48. The number of nitrogens with zero attached hydrogens (tertiary/aromatic N) is 2. The molecule has 1 aromatic heterocycles. The first-order valence-corrected chi connectivity index (χ1v) is 6.64. The van der Waals surface area contributed by atoms with Crippen LogP contribution in [0.15, 0.2) is 6.20 Å². The number of rotatable bonds is 6. The van der Waals surface area contributed by atoms with E-state index >= 15 is 0 Å². The van der Waals surface area contributed by atoms with Crippen molar-refractivity contribution >= 4 is 5.95 Å². The van der Waals surface area contributed by atoms with Crippen LogP contribution in [-0.4, -0.2) is 43.0 Å². The van der Waals surface area contributed by atoms with Gasteiger partial charge in [0.15, 0.2) is 0 Å². The van der Waals surface area contributed by atoms with Crippen LogP contribution >= 0.6 is 0 Å². The first kappa shape index (κ1) is 13.4. The average molecular weight is 253 g/mol. The molecule has 0 spiro atoms. The Kier molecular flexibility index (Phi) is 5.01. The van der Waals surface area contributed by atoms with Gasteiger partial charge in [-0.25, -0.2) is 4.98 Å². The summed E-state index contributed by atoms with van der Waals surface area (Å²) in [6.45, 7) is 6.27. The number of hydrogen-bond donors (Lipinski definition) is 1. The van der Waals surface area contributed by atoms with Gasteiger partial charge in [0.25, 0.3) is 0 Å². The van der Waals surface area contributed by atoms with E-state index in [4.69, 9.17) is 9.47 Å². The fourth-order valence-corrected chi connectivity index (χ4v) is 2.25. The van der Waals surface area contributed by atoms with Crippen LogP contribution in [0.1, 0.15) is 18.5 Å². The molecule has 0 amide bonds. The maximum absolute atomic E-state index is 5.48. The lowest BCUT2D eigenvalue weighted by Crippen LogP contribution is -2.25. The predicted octanol–water partition coefficient (Wildman–Crippen LogP) is 1.68. The number of hydrogen-bond acceptors (Lipinski definition) is 4. The number of imidazole rings is 1. The molecular weight excluding hydrogens is 230 g/mol. The fraction of sp³-hybridized carbons (Fsp3) is 0.769. The Morgan fingerprint density at radius 2 is 2.50 bits per heavy atom. The van der Waals surface area contributed by atoms with Gasteiger partial charge in [0, 0.05) is 33.0 Å². The highest BCUT2D eigenvalue weighted by Gasteiger charge is 2.14. The topological polar surface area (TPSA) is 48.3 Å². The van der Waals surface area contributed by atoms with Crippen LogP contribution in [0.2, 0.25) is 0 Å². The molecule has 1 aromatic rings. The van der Waals surface area contributed by atoms with Crippen molar-refractivity contribution in [2.24, 2.45) is 5.92 Å². The van der Waals surface area contributed by atoms with E-state index in [9.17, 15) is 0 Å². The molecular formula is C13H23N3O2. The Balaban J connectivity index is 1.86. The van der Waals surface area contributed by atoms with Crippen LogP contribution in [0.5, 0.6) is 0 Å². The molecule has 0 saturated carbocycles. The lowest BCUT2D eigenvalue weighted by atomic mass is 10.0. The average Bonchev–Trinajstić information content (AvgIpc) is 2.75. The van der Waals surface area contributed by atoms with Gasteiger partial charge in [-0.05, 0) is 25.7 Å². The molecule has 0 aromatic carbocycles. The number of anilines is 1. The van der Waals surface area contributed by atoms with Gasteiger partial charge in [0.1, 0.15) is 0 Å². The Hall–Kier alpha value is -1.07. The minimum absolute atomic E-state index is 0.603. The normalized spacial score (nSPS) is 20.0. The molecule has 5 heteroatoms. The molecule has 1 aliphatic heterocycles. The summed E-state index contributed by atoms with van der Waals surface area (Å²) >= 11 is 0. The Morgan fingerprint density at radius 1 is 1.61 bits per heavy atom. The minimum Gasteiger partial charge on any atom is -0.383 e. The lowest BCUT2D eigenvalue weighted by Gasteiger charge is -2.22. The molecule has 2 heterocycles. The molecule has 1 atom stereocenters. The smallest absolute Gasteiger partial charge is 0.203 e. The van der Waals surface area contributed by atoms with Gasteiger partial charge >= 0.3 is 0 Å². The van der Waals surface area contributed by atoms with Crippen LogP contribution in [0.3, 0.4) is 0 Å². The molecule has 1 aliphatic rings. The van der Waals surface area contributed by atoms with Crippen molar-refractivity contribution in [1.29, 1.82) is 0 Å². The van der Waals surface area contributed by atoms with Gasteiger partial charge in [-0.1, -0.05) is 0 Å². The molecule has 0 aliphatic carbocycles. The molecule has 1 saturated heterocycles. The summed E-state index contributed by atoms with van der Waals surface area (Å²) in [7, 11) is 1.72. The Morgan fingerprint density at radius 3 is 3.22 bits per heavy atom. The number of nitrogens with one attached hydrogen (secondary N) is 1. The van der Waals surface area contributed by atoms with E-state index in [0.717, 1.165) is 37.9 Å². The molecule has 1 N–H and O–H groups in total. The van der Waals surface area contributed by atoms with Gasteiger partial charge in [-0.15, -0.1) is 0 Å². The van der Waals surface area contributed by atoms with Crippen LogP contribution < -0.4 is 5.32 Å². The highest BCUT2D eigenvalue weighted by atomic mass is 16.5. The van der Waals surface area contributed by atoms with Crippen LogP contribution in [0.25, 0.3) is 0 Å². The van der Waals surface area contributed by atoms with Crippen LogP contribution in [-0.2, 0) is 16.0 Å². The highest BCUT2D eigenvalue weighted by molar-refractivity contribution is 5.28. The van der Waals surface area contributed by atoms with E-state index in [-0.39, 0.29) is 0 Å². The lowest BCUT2D eigenvalue weighted by molar-refractivity contribution is 0.0594. The highest BCUT2D eigenvalue weighted by Crippen LogP contribution is 2.15. The summed E-state index contributed by atoms with van der Waals surface area (Å²) in [5.74, 6) is 1.54. The van der Waals surface area contributed by atoms with Gasteiger partial charge < -0.3 is 19.4 Å². The SMILES string of the molecule is COCCn1cc(C)nc1NCC1CCCOC1. The van der Waals surface area contributed by atoms with E-state index in [1.54, 1.807) is 7.11 Å². The summed E-state index contributed by atoms with van der Waals surface area (Å²) in [5, 5.41) is 3.43. The number of aryl methyl sites for hydroxylation is 1. The van der Waals surface area contributed by atoms with Crippen molar-refractivity contribution in [2.75, 3.05) is 38.8 Å². The van der Waals surface area contributed by atoms with Crippen molar-refractivity contribution in [3.8, 4) is 0 Å². The summed E-state index contributed by atoms with van der Waals surface area (Å²) in [5.41, 5.74) is 1.04. The molecule has 2 rings (SSSR count). The third-order valence-corrected chi connectivity index (χ3v) is 3.24. The number of ether oxygens (including phenoxy) is 2. The third-order valence-electron chi connectivity index (χ3n) is 3.24. The first-order chi connectivity index (χ1) is 8.79. The largest absolute Gasteiger partial charge is 0.383 e. The molecule has 5 nitrogen and oxygen atoms in total. The number of aromatic nitrogens is 2. The maximum Gasteiger partial charge on any atom is 0.203 e. The van der Waals surface area contributed by atoms with E-state index < -0.39 is 0 Å². The number of methoxy groups -OCH3 is 1. The van der Waals surface area contributed by atoms with Gasteiger partial charge in [0.05, 0.1) is 18.9 Å². The molecule has 18 heavy (non-hydrogen) atoms. The Labute approximate surface area is 108 Å². The summed E-state index contributed by atoms with van der Waals surface area (Å²) in [6.07, 6.45) is 4.47. The standard InChI is InChI=1S/C13H23N3O2/c1-11-9-16(5-7-17-2)13(15-11)14-8-12-4-3-6-18-10-12/h9,12H,3-8,10H2,1-2H3,(H,14,15). The molecule has 0 bridgehead atoms. The molecule has 102 valence electrons. The van der Waals surface area contributed by atoms with Crippen molar-refractivity contribution in [3.05, 3.63) is 11.9 Å². The zero-order valence-corrected chi connectivity index (χ0v) is 11.3. The molecule has 1 unspecified atom stereocenters. The van der Waals surface area contributed by atoms with Crippen molar-refractivity contribution in [2.45, 2.75) is 26.3 Å². The minimum atomic E-state index is 0.603. The fourth-order valence-electron chi connectivity index (χ4n) is 2.25. The second kappa shape index (κ2) is 6.75. The monoisotopic (exact) mass is 253 g/mol. The van der Waals surface area contributed by atoms with E-state index in [0.29, 0.717) is 12.5 Å². The van der Waals surface area contributed by atoms with E-state index in [1.807, 2.05) is 6.92 Å². The second-order valence-electron chi connectivity index (χ2n) is 4.86. The second-order valence-corrected chi connectivity index (χ2v) is 4.86. The zero-order chi connectivity index (χ0) is 12.8. The van der Waals surface area contributed by atoms with E-state index in [2.05, 4.69) is 21.1 Å². The van der Waals surface area contributed by atoms with Gasteiger partial charge in [-0.2, -0.15) is 0 Å². The predicted molar refractivity (Wildman–Crippen MR) is 70.9 cm³/mol. The van der Waals surface area contributed by atoms with Gasteiger partial charge in [-0.3, -0.25) is 0 Å².